The van der Waals surface area contributed by atoms with E-state index in [0.717, 1.165) is 30.0 Å². The highest BCUT2D eigenvalue weighted by molar-refractivity contribution is 5.79. The number of methoxy groups -OCH3 is 1. The minimum absolute atomic E-state index is 0.0157. The molecule has 0 aliphatic carbocycles. The van der Waals surface area contributed by atoms with Crippen molar-refractivity contribution in [1.29, 1.82) is 0 Å². The van der Waals surface area contributed by atoms with Crippen molar-refractivity contribution in [2.24, 2.45) is 0 Å². The summed E-state index contributed by atoms with van der Waals surface area (Å²) >= 11 is 0. The predicted molar refractivity (Wildman–Crippen MR) is 107 cm³/mol. The number of benzene rings is 2. The highest BCUT2D eigenvalue weighted by atomic mass is 16.5. The van der Waals surface area contributed by atoms with Gasteiger partial charge in [-0.1, -0.05) is 61.9 Å². The number of aryl methyl sites for hydroxylation is 1. The number of carbonyl (C=O) groups is 1. The van der Waals surface area contributed by atoms with Gasteiger partial charge in [-0.15, -0.1) is 0 Å². The number of hydrogen-bond donors (Lipinski definition) is 1. The fourth-order valence-electron chi connectivity index (χ4n) is 3.29. The van der Waals surface area contributed by atoms with E-state index >= 15 is 0 Å². The van der Waals surface area contributed by atoms with Crippen molar-refractivity contribution in [3.8, 4) is 5.75 Å². The molecule has 0 heterocycles. The fourth-order valence-corrected chi connectivity index (χ4v) is 3.29. The maximum atomic E-state index is 12.5. The van der Waals surface area contributed by atoms with E-state index in [1.807, 2.05) is 43.3 Å². The molecule has 0 aromatic heterocycles. The lowest BCUT2D eigenvalue weighted by Crippen LogP contribution is -2.38. The third kappa shape index (κ3) is 5.33. The van der Waals surface area contributed by atoms with Crippen molar-refractivity contribution in [2.45, 2.75) is 33.2 Å². The first-order valence-electron chi connectivity index (χ1n) is 9.28. The van der Waals surface area contributed by atoms with E-state index in [1.165, 1.54) is 5.56 Å². The second-order valence-corrected chi connectivity index (χ2v) is 6.44. The van der Waals surface area contributed by atoms with Crippen LogP contribution in [0.25, 0.3) is 0 Å². The Hall–Kier alpha value is -2.33. The molecule has 1 N–H and O–H groups in total. The van der Waals surface area contributed by atoms with Gasteiger partial charge in [-0.3, -0.25) is 9.69 Å². The highest BCUT2D eigenvalue weighted by Crippen LogP contribution is 2.21. The first-order valence-corrected chi connectivity index (χ1v) is 9.28. The third-order valence-electron chi connectivity index (χ3n) is 4.72. The molecule has 1 amide bonds. The molecule has 2 aromatic rings. The van der Waals surface area contributed by atoms with Gasteiger partial charge in [0.1, 0.15) is 5.75 Å². The number of nitrogens with zero attached hydrogens (tertiary/aromatic N) is 1. The van der Waals surface area contributed by atoms with E-state index in [0.29, 0.717) is 13.0 Å². The molecule has 0 spiro atoms. The molecule has 0 aliphatic heterocycles. The van der Waals surface area contributed by atoms with Crippen molar-refractivity contribution < 1.29 is 9.53 Å². The van der Waals surface area contributed by atoms with Gasteiger partial charge in [-0.05, 0) is 31.6 Å². The number of hydrogen-bond acceptors (Lipinski definition) is 3. The summed E-state index contributed by atoms with van der Waals surface area (Å²) in [6.45, 7) is 8.80. The number of likely N-dealkylation sites (N-methyl/N-ethyl adjacent to an activating group) is 1. The van der Waals surface area contributed by atoms with E-state index in [-0.39, 0.29) is 11.9 Å². The Labute approximate surface area is 157 Å². The normalized spacial score (nSPS) is 12.0. The molecule has 0 radical (unpaired) electrons. The molecular weight excluding hydrogens is 324 g/mol. The summed E-state index contributed by atoms with van der Waals surface area (Å²) in [7, 11) is 1.64. The highest BCUT2D eigenvalue weighted by Gasteiger charge is 2.19. The number of carbonyl (C=O) groups excluding carboxylic acids is 1. The van der Waals surface area contributed by atoms with E-state index < -0.39 is 0 Å². The molecule has 1 unspecified atom stereocenters. The van der Waals surface area contributed by atoms with Gasteiger partial charge < -0.3 is 10.1 Å². The third-order valence-corrected chi connectivity index (χ3v) is 4.72. The maximum Gasteiger partial charge on any atom is 0.224 e. The minimum Gasteiger partial charge on any atom is -0.496 e. The van der Waals surface area contributed by atoms with Crippen LogP contribution in [0.5, 0.6) is 5.75 Å². The lowest BCUT2D eigenvalue weighted by Gasteiger charge is -2.30. The number of nitrogens with one attached hydrogen (secondary N) is 1. The van der Waals surface area contributed by atoms with Gasteiger partial charge in [-0.2, -0.15) is 0 Å². The van der Waals surface area contributed by atoms with Crippen LogP contribution in [-0.4, -0.2) is 37.6 Å². The zero-order valence-electron chi connectivity index (χ0n) is 16.3. The molecule has 0 aliphatic rings. The Morgan fingerprint density at radius 2 is 1.81 bits per heavy atom. The van der Waals surface area contributed by atoms with Crippen molar-refractivity contribution in [3.05, 3.63) is 65.2 Å². The zero-order chi connectivity index (χ0) is 18.9. The standard InChI is InChI=1S/C22H30N2O2/c1-5-24(6-2)20(18-10-8-7-9-11-18)16-23-22(25)15-19-14-17(3)12-13-21(19)26-4/h7-14,20H,5-6,15-16H2,1-4H3,(H,23,25). The van der Waals surface area contributed by atoms with Crippen LogP contribution < -0.4 is 10.1 Å². The first-order chi connectivity index (χ1) is 12.6. The SMILES string of the molecule is CCN(CC)C(CNC(=O)Cc1cc(C)ccc1OC)c1ccccc1. The Morgan fingerprint density at radius 3 is 2.42 bits per heavy atom. The van der Waals surface area contributed by atoms with Crippen molar-refractivity contribution in [2.75, 3.05) is 26.7 Å². The van der Waals surface area contributed by atoms with Gasteiger partial charge in [0.15, 0.2) is 0 Å². The summed E-state index contributed by atoms with van der Waals surface area (Å²) in [5.41, 5.74) is 3.27. The Bertz CT molecular complexity index is 697. The largest absolute Gasteiger partial charge is 0.496 e. The second-order valence-electron chi connectivity index (χ2n) is 6.44. The Balaban J connectivity index is 2.06. The summed E-state index contributed by atoms with van der Waals surface area (Å²) in [4.78, 5) is 14.9. The summed E-state index contributed by atoms with van der Waals surface area (Å²) < 4.78 is 5.38. The molecule has 4 heteroatoms. The smallest absolute Gasteiger partial charge is 0.224 e. The molecule has 0 saturated heterocycles. The van der Waals surface area contributed by atoms with Gasteiger partial charge in [0.2, 0.25) is 5.91 Å². The summed E-state index contributed by atoms with van der Waals surface area (Å²) in [5.74, 6) is 0.774. The van der Waals surface area contributed by atoms with E-state index in [9.17, 15) is 4.79 Å². The van der Waals surface area contributed by atoms with Gasteiger partial charge in [-0.25, -0.2) is 0 Å². The van der Waals surface area contributed by atoms with Crippen molar-refractivity contribution >= 4 is 5.91 Å². The monoisotopic (exact) mass is 354 g/mol. The molecule has 4 nitrogen and oxygen atoms in total. The molecule has 140 valence electrons. The van der Waals surface area contributed by atoms with E-state index in [4.69, 9.17) is 4.74 Å². The predicted octanol–water partition coefficient (Wildman–Crippen LogP) is 3.75. The minimum atomic E-state index is 0.0157. The summed E-state index contributed by atoms with van der Waals surface area (Å²) in [6.07, 6.45) is 0.324. The van der Waals surface area contributed by atoms with E-state index in [1.54, 1.807) is 7.11 Å². The van der Waals surface area contributed by atoms with Gasteiger partial charge in [0.05, 0.1) is 19.6 Å². The maximum absolute atomic E-state index is 12.5. The fraction of sp³-hybridized carbons (Fsp3) is 0.409. The van der Waals surface area contributed by atoms with Gasteiger partial charge >= 0.3 is 0 Å². The topological polar surface area (TPSA) is 41.6 Å². The Morgan fingerprint density at radius 1 is 1.12 bits per heavy atom. The van der Waals surface area contributed by atoms with Crippen LogP contribution in [0.3, 0.4) is 0 Å². The van der Waals surface area contributed by atoms with Crippen LogP contribution in [0.2, 0.25) is 0 Å². The van der Waals surface area contributed by atoms with Crippen LogP contribution in [0.1, 0.15) is 36.6 Å². The molecule has 0 fully saturated rings. The number of amides is 1. The molecule has 26 heavy (non-hydrogen) atoms. The van der Waals surface area contributed by atoms with Crippen LogP contribution in [-0.2, 0) is 11.2 Å². The van der Waals surface area contributed by atoms with E-state index in [2.05, 4.69) is 36.2 Å². The second kappa shape index (κ2) is 9.97. The molecule has 0 saturated carbocycles. The van der Waals surface area contributed by atoms with Crippen molar-refractivity contribution in [3.63, 3.8) is 0 Å². The first kappa shape index (κ1) is 20.0. The average Bonchev–Trinajstić information content (AvgIpc) is 2.66. The molecule has 0 bridgehead atoms. The summed E-state index contributed by atoms with van der Waals surface area (Å²) in [5, 5.41) is 3.11. The van der Waals surface area contributed by atoms with Crippen LogP contribution in [0.15, 0.2) is 48.5 Å². The quantitative estimate of drug-likeness (QED) is 0.746. The molecular formula is C22H30N2O2. The molecule has 2 rings (SSSR count). The number of ether oxygens (including phenoxy) is 1. The van der Waals surface area contributed by atoms with Crippen molar-refractivity contribution in [1.82, 2.24) is 10.2 Å². The van der Waals surface area contributed by atoms with Gasteiger partial charge in [0, 0.05) is 12.1 Å². The van der Waals surface area contributed by atoms with Crippen LogP contribution in [0, 0.1) is 6.92 Å². The van der Waals surface area contributed by atoms with Crippen LogP contribution in [0.4, 0.5) is 0 Å². The lowest BCUT2D eigenvalue weighted by molar-refractivity contribution is -0.120. The Kier molecular flexibility index (Phi) is 7.67. The van der Waals surface area contributed by atoms with Gasteiger partial charge in [0.25, 0.3) is 0 Å². The summed E-state index contributed by atoms with van der Waals surface area (Å²) in [6, 6.07) is 16.5. The molecule has 2 aromatic carbocycles. The average molecular weight is 354 g/mol. The molecule has 1 atom stereocenters. The lowest BCUT2D eigenvalue weighted by atomic mass is 10.0. The number of rotatable bonds is 9. The van der Waals surface area contributed by atoms with Crippen LogP contribution >= 0.6 is 0 Å². The zero-order valence-corrected chi connectivity index (χ0v) is 16.3.